The predicted octanol–water partition coefficient (Wildman–Crippen LogP) is 2.71. The third kappa shape index (κ3) is 1.41. The zero-order chi connectivity index (χ0) is 10.3. The summed E-state index contributed by atoms with van der Waals surface area (Å²) in [4.78, 5) is 14.4. The molecule has 1 unspecified atom stereocenters. The smallest absolute Gasteiger partial charge is 0.258 e. The van der Waals surface area contributed by atoms with Gasteiger partial charge in [0.1, 0.15) is 0 Å². The molecule has 0 bridgehead atoms. The summed E-state index contributed by atoms with van der Waals surface area (Å²) in [7, 11) is 1.75. The average molecular weight is 228 g/mol. The van der Waals surface area contributed by atoms with E-state index in [1.54, 1.807) is 18.9 Å². The lowest BCUT2D eigenvalue weighted by Crippen LogP contribution is -2.42. The molecule has 1 aromatic carbocycles. The number of nitrogens with zero attached hydrogens (tertiary/aromatic N) is 1. The van der Waals surface area contributed by atoms with Crippen LogP contribution >= 0.6 is 23.4 Å². The minimum absolute atomic E-state index is 0.0668. The topological polar surface area (TPSA) is 20.3 Å². The van der Waals surface area contributed by atoms with Crippen molar-refractivity contribution in [3.8, 4) is 0 Å². The molecule has 0 spiro atoms. The number of benzene rings is 1. The van der Waals surface area contributed by atoms with Gasteiger partial charge in [0.2, 0.25) is 0 Å². The van der Waals surface area contributed by atoms with Crippen molar-refractivity contribution in [3.05, 3.63) is 24.3 Å². The molecule has 1 aromatic rings. The van der Waals surface area contributed by atoms with Crippen molar-refractivity contribution in [1.82, 2.24) is 0 Å². The highest BCUT2D eigenvalue weighted by Crippen LogP contribution is 2.46. The van der Waals surface area contributed by atoms with E-state index in [0.717, 1.165) is 10.6 Å². The van der Waals surface area contributed by atoms with Crippen molar-refractivity contribution in [2.75, 3.05) is 11.9 Å². The fourth-order valence-electron chi connectivity index (χ4n) is 1.48. The van der Waals surface area contributed by atoms with Crippen molar-refractivity contribution >= 4 is 35.0 Å². The number of fused-ring (bicyclic) bond motifs is 1. The first-order chi connectivity index (χ1) is 6.52. The molecule has 0 radical (unpaired) electrons. The number of hydrogen-bond donors (Lipinski definition) is 0. The summed E-state index contributed by atoms with van der Waals surface area (Å²) in [6.45, 7) is 1.73. The number of thioether (sulfide) groups is 1. The van der Waals surface area contributed by atoms with E-state index >= 15 is 0 Å². The van der Waals surface area contributed by atoms with Gasteiger partial charge in [0.05, 0.1) is 5.69 Å². The maximum Gasteiger partial charge on any atom is 0.258 e. The number of para-hydroxylation sites is 1. The van der Waals surface area contributed by atoms with E-state index in [9.17, 15) is 4.79 Å². The Hall–Kier alpha value is -0.670. The zero-order valence-corrected chi connectivity index (χ0v) is 9.52. The summed E-state index contributed by atoms with van der Waals surface area (Å²) in [5.41, 5.74) is 0.931. The van der Waals surface area contributed by atoms with Crippen LogP contribution in [0.5, 0.6) is 0 Å². The third-order valence-corrected chi connectivity index (χ3v) is 3.73. The second-order valence-electron chi connectivity index (χ2n) is 3.35. The summed E-state index contributed by atoms with van der Waals surface area (Å²) in [6, 6.07) is 7.76. The lowest BCUT2D eigenvalue weighted by molar-refractivity contribution is -0.118. The largest absolute Gasteiger partial charge is 0.312 e. The second kappa shape index (κ2) is 3.17. The van der Waals surface area contributed by atoms with Gasteiger partial charge in [-0.05, 0) is 19.1 Å². The molecule has 1 amide bonds. The van der Waals surface area contributed by atoms with Crippen molar-refractivity contribution in [2.45, 2.75) is 16.0 Å². The predicted molar refractivity (Wildman–Crippen MR) is 60.0 cm³/mol. The van der Waals surface area contributed by atoms with Gasteiger partial charge in [0, 0.05) is 11.9 Å². The lowest BCUT2D eigenvalue weighted by atomic mass is 10.2. The standard InChI is InChI=1S/C10H10ClNOS/c1-10(11)9(13)12(2)7-5-3-4-6-8(7)14-10/h3-6H,1-2H3. The molecule has 1 atom stereocenters. The molecule has 0 saturated carbocycles. The van der Waals surface area contributed by atoms with Crippen LogP contribution < -0.4 is 4.90 Å². The molecule has 14 heavy (non-hydrogen) atoms. The van der Waals surface area contributed by atoms with Crippen LogP contribution in [-0.4, -0.2) is 17.2 Å². The van der Waals surface area contributed by atoms with Gasteiger partial charge < -0.3 is 4.90 Å². The van der Waals surface area contributed by atoms with Crippen molar-refractivity contribution in [1.29, 1.82) is 0 Å². The molecule has 0 aromatic heterocycles. The Morgan fingerprint density at radius 3 is 2.79 bits per heavy atom. The van der Waals surface area contributed by atoms with Gasteiger partial charge in [0.25, 0.3) is 5.91 Å². The van der Waals surface area contributed by atoms with Gasteiger partial charge in [-0.2, -0.15) is 0 Å². The Morgan fingerprint density at radius 2 is 2.07 bits per heavy atom. The zero-order valence-electron chi connectivity index (χ0n) is 7.95. The van der Waals surface area contributed by atoms with Crippen molar-refractivity contribution in [3.63, 3.8) is 0 Å². The van der Waals surface area contributed by atoms with Gasteiger partial charge in [0.15, 0.2) is 4.21 Å². The van der Waals surface area contributed by atoms with Crippen LogP contribution in [0.4, 0.5) is 5.69 Å². The summed E-state index contributed by atoms with van der Waals surface area (Å²) in [5, 5.41) is 0. The monoisotopic (exact) mass is 227 g/mol. The molecule has 4 heteroatoms. The number of halogens is 1. The molecule has 0 N–H and O–H groups in total. The molecular formula is C10H10ClNOS. The van der Waals surface area contributed by atoms with Crippen LogP contribution in [0.2, 0.25) is 0 Å². The van der Waals surface area contributed by atoms with E-state index < -0.39 is 4.21 Å². The van der Waals surface area contributed by atoms with E-state index in [0.29, 0.717) is 0 Å². The highest BCUT2D eigenvalue weighted by Gasteiger charge is 2.40. The number of alkyl halides is 1. The van der Waals surface area contributed by atoms with E-state index in [-0.39, 0.29) is 5.91 Å². The minimum atomic E-state index is -0.872. The third-order valence-electron chi connectivity index (χ3n) is 2.21. The van der Waals surface area contributed by atoms with Gasteiger partial charge in [-0.15, -0.1) is 0 Å². The molecule has 0 saturated heterocycles. The summed E-state index contributed by atoms with van der Waals surface area (Å²) >= 11 is 7.52. The average Bonchev–Trinajstić information content (AvgIpc) is 2.14. The van der Waals surface area contributed by atoms with Crippen molar-refractivity contribution in [2.24, 2.45) is 0 Å². The second-order valence-corrected chi connectivity index (χ2v) is 5.79. The number of carbonyl (C=O) groups excluding carboxylic acids is 1. The first-order valence-electron chi connectivity index (χ1n) is 4.27. The Labute approximate surface area is 92.2 Å². The van der Waals surface area contributed by atoms with Gasteiger partial charge in [-0.3, -0.25) is 4.79 Å². The highest BCUT2D eigenvalue weighted by molar-refractivity contribution is 8.03. The lowest BCUT2D eigenvalue weighted by Gasteiger charge is -2.33. The maximum absolute atomic E-state index is 11.8. The van der Waals surface area contributed by atoms with Crippen LogP contribution in [0.25, 0.3) is 0 Å². The molecule has 0 fully saturated rings. The van der Waals surface area contributed by atoms with E-state index in [1.165, 1.54) is 11.8 Å². The first kappa shape index (κ1) is 9.87. The first-order valence-corrected chi connectivity index (χ1v) is 5.47. The fourth-order valence-corrected chi connectivity index (χ4v) is 2.95. The SMILES string of the molecule is CN1C(=O)C(C)(Cl)Sc2ccccc21. The summed E-state index contributed by atoms with van der Waals surface area (Å²) in [5.74, 6) is -0.0668. The quantitative estimate of drug-likeness (QED) is 0.636. The molecule has 1 aliphatic heterocycles. The Balaban J connectivity index is 2.53. The number of hydrogen-bond acceptors (Lipinski definition) is 2. The van der Waals surface area contributed by atoms with Crippen LogP contribution in [0, 0.1) is 0 Å². The highest BCUT2D eigenvalue weighted by atomic mass is 35.5. The van der Waals surface area contributed by atoms with Crippen LogP contribution in [0.1, 0.15) is 6.92 Å². The number of amides is 1. The van der Waals surface area contributed by atoms with Crippen molar-refractivity contribution < 1.29 is 4.79 Å². The molecule has 2 nitrogen and oxygen atoms in total. The Morgan fingerprint density at radius 1 is 1.43 bits per heavy atom. The molecule has 1 aliphatic rings. The summed E-state index contributed by atoms with van der Waals surface area (Å²) < 4.78 is -0.872. The number of carbonyl (C=O) groups is 1. The molecular weight excluding hydrogens is 218 g/mol. The van der Waals surface area contributed by atoms with E-state index in [1.807, 2.05) is 24.3 Å². The maximum atomic E-state index is 11.8. The number of rotatable bonds is 0. The molecule has 74 valence electrons. The molecule has 0 aliphatic carbocycles. The fraction of sp³-hybridized carbons (Fsp3) is 0.300. The van der Waals surface area contributed by atoms with E-state index in [2.05, 4.69) is 0 Å². The van der Waals surface area contributed by atoms with Gasteiger partial charge >= 0.3 is 0 Å². The van der Waals surface area contributed by atoms with Gasteiger partial charge in [-0.1, -0.05) is 35.5 Å². The number of anilines is 1. The van der Waals surface area contributed by atoms with Crippen LogP contribution in [0.3, 0.4) is 0 Å². The molecule has 1 heterocycles. The van der Waals surface area contributed by atoms with E-state index in [4.69, 9.17) is 11.6 Å². The Kier molecular flexibility index (Phi) is 2.24. The molecule has 2 rings (SSSR count). The minimum Gasteiger partial charge on any atom is -0.312 e. The summed E-state index contributed by atoms with van der Waals surface area (Å²) in [6.07, 6.45) is 0. The Bertz CT molecular complexity index is 391. The van der Waals surface area contributed by atoms with Crippen LogP contribution in [-0.2, 0) is 4.79 Å². The van der Waals surface area contributed by atoms with Gasteiger partial charge in [-0.25, -0.2) is 0 Å². The van der Waals surface area contributed by atoms with Crippen LogP contribution in [0.15, 0.2) is 29.2 Å². The normalized spacial score (nSPS) is 26.2.